The highest BCUT2D eigenvalue weighted by Gasteiger charge is 3.31. The van der Waals surface area contributed by atoms with E-state index >= 15 is 0 Å². The van der Waals surface area contributed by atoms with Crippen molar-refractivity contribution in [3.63, 3.8) is 0 Å². The predicted octanol–water partition coefficient (Wildman–Crippen LogP) is 4.27. The van der Waals surface area contributed by atoms with Crippen LogP contribution in [0.15, 0.2) is 0 Å². The molecular weight excluding hydrogens is 384 g/mol. The zero-order chi connectivity index (χ0) is 18.5. The maximum atomic E-state index is 1.71. The predicted molar refractivity (Wildman–Crippen MR) is 110 cm³/mol. The van der Waals surface area contributed by atoms with E-state index in [4.69, 9.17) is 0 Å². The summed E-state index contributed by atoms with van der Waals surface area (Å²) in [5.74, 6) is 29.5. The quantitative estimate of drug-likeness (QED) is 0.555. The van der Waals surface area contributed by atoms with Gasteiger partial charge >= 0.3 is 0 Å². The molecule has 0 bridgehead atoms. The van der Waals surface area contributed by atoms with Gasteiger partial charge in [-0.15, -0.1) is 0 Å². The van der Waals surface area contributed by atoms with E-state index in [0.717, 1.165) is 32.5 Å². The van der Waals surface area contributed by atoms with Gasteiger partial charge in [0, 0.05) is 0 Å². The molecule has 18 aliphatic rings. The molecule has 20 unspecified atom stereocenters. The van der Waals surface area contributed by atoms with Crippen LogP contribution in [0.3, 0.4) is 0 Å². The van der Waals surface area contributed by atoms with Crippen molar-refractivity contribution < 1.29 is 0 Å². The third-order valence-corrected chi connectivity index (χ3v) is 22.9. The van der Waals surface area contributed by atoms with E-state index in [0.29, 0.717) is 0 Å². The lowest BCUT2D eigenvalue weighted by molar-refractivity contribution is -0.865. The van der Waals surface area contributed by atoms with Crippen LogP contribution in [-0.2, 0) is 0 Å². The Morgan fingerprint density at radius 2 is 0.688 bits per heavy atom. The minimum absolute atomic E-state index is 1.08. The van der Waals surface area contributed by atoms with Crippen LogP contribution in [-0.4, -0.2) is 0 Å². The summed E-state index contributed by atoms with van der Waals surface area (Å²) < 4.78 is 0. The van der Waals surface area contributed by atoms with Crippen LogP contribution >= 0.6 is 0 Å². The maximum absolute atomic E-state index is 1.71. The lowest BCUT2D eigenvalue weighted by atomic mass is 8.71. The molecule has 18 aliphatic carbocycles. The van der Waals surface area contributed by atoms with Crippen LogP contribution in [0.5, 0.6) is 0 Å². The van der Waals surface area contributed by atoms with Crippen molar-refractivity contribution in [1.82, 2.24) is 0 Å². The monoisotopic (exact) mass is 414 g/mol. The first-order chi connectivity index (χ1) is 15.9. The number of hydrogen-bond donors (Lipinski definition) is 0. The van der Waals surface area contributed by atoms with Gasteiger partial charge in [-0.05, 0) is 188 Å². The second-order valence-electron chi connectivity index (χ2n) is 18.8. The summed E-state index contributed by atoms with van der Waals surface area (Å²) >= 11 is 0. The largest absolute Gasteiger partial charge is 0.0496 e. The highest BCUT2D eigenvalue weighted by molar-refractivity contribution is 5.76. The second-order valence-corrected chi connectivity index (χ2v) is 18.8. The van der Waals surface area contributed by atoms with Gasteiger partial charge in [-0.1, -0.05) is 0 Å². The summed E-state index contributed by atoms with van der Waals surface area (Å²) in [5, 5.41) is 0. The Morgan fingerprint density at radius 3 is 1.19 bits per heavy atom. The van der Waals surface area contributed by atoms with Crippen molar-refractivity contribution in [2.24, 2.45) is 163 Å². The topological polar surface area (TPSA) is 0 Å². The molecule has 0 nitrogen and oxygen atoms in total. The third-order valence-electron chi connectivity index (χ3n) is 22.9. The molecule has 0 radical (unpaired) electrons. The Balaban J connectivity index is 0.926. The van der Waals surface area contributed by atoms with Crippen molar-refractivity contribution in [3.05, 3.63) is 0 Å². The zero-order valence-electron chi connectivity index (χ0n) is 18.5. The summed E-state index contributed by atoms with van der Waals surface area (Å²) in [6.45, 7) is 0. The molecule has 0 aromatic rings. The molecule has 6 spiro atoms. The van der Waals surface area contributed by atoms with Crippen molar-refractivity contribution in [2.45, 2.75) is 25.7 Å². The van der Waals surface area contributed by atoms with Crippen LogP contribution in [0.25, 0.3) is 0 Å². The van der Waals surface area contributed by atoms with Crippen LogP contribution in [0.2, 0.25) is 0 Å². The average molecular weight is 415 g/mol. The average Bonchev–Trinajstić information content (AvgIpc) is 3.03. The molecule has 18 rings (SSSR count). The highest BCUT2D eigenvalue weighted by Crippen LogP contribution is 3.33. The fourth-order valence-electron chi connectivity index (χ4n) is 26.1. The third kappa shape index (κ3) is 0.457. The van der Waals surface area contributed by atoms with Gasteiger partial charge in [-0.2, -0.15) is 0 Å². The maximum Gasteiger partial charge on any atom is -0.00933 e. The summed E-state index contributed by atoms with van der Waals surface area (Å²) in [6.07, 6.45) is 6.77. The van der Waals surface area contributed by atoms with Crippen molar-refractivity contribution in [1.29, 1.82) is 0 Å². The van der Waals surface area contributed by atoms with Gasteiger partial charge in [-0.25, -0.2) is 0 Å². The zero-order valence-corrected chi connectivity index (χ0v) is 18.5. The van der Waals surface area contributed by atoms with Gasteiger partial charge in [0.15, 0.2) is 0 Å². The fourth-order valence-corrected chi connectivity index (χ4v) is 26.1. The van der Waals surface area contributed by atoms with E-state index in [1.54, 1.807) is 25.7 Å². The first-order valence-electron chi connectivity index (χ1n) is 15.9. The highest BCUT2D eigenvalue weighted by atomic mass is 15.3. The van der Waals surface area contributed by atoms with Gasteiger partial charge < -0.3 is 0 Å². The molecule has 18 fully saturated rings. The van der Waals surface area contributed by atoms with Crippen LogP contribution < -0.4 is 0 Å². The van der Waals surface area contributed by atoms with Crippen LogP contribution in [0.1, 0.15) is 25.7 Å². The first kappa shape index (κ1) is 12.8. The molecule has 0 aromatic carbocycles. The van der Waals surface area contributed by atoms with Gasteiger partial charge in [0.1, 0.15) is 0 Å². The number of hydrogen-bond acceptors (Lipinski definition) is 0. The smallest absolute Gasteiger partial charge is 0.00933 e. The summed E-state index contributed by atoms with van der Waals surface area (Å²) in [4.78, 5) is 0. The first-order valence-corrected chi connectivity index (χ1v) is 15.9. The molecule has 0 heteroatoms. The summed E-state index contributed by atoms with van der Waals surface area (Å²) in [6, 6.07) is 0. The lowest BCUT2D eigenvalue weighted by Gasteiger charge is -3.32. The SMILES string of the molecule is C1CC2C1C1C2C2C3C1C1C4C5C6C7C8C9CCC%10C9C89C%10C8C%10C%11C%12C2C31C4%12C5%11C6%10C789. The van der Waals surface area contributed by atoms with Crippen molar-refractivity contribution >= 4 is 0 Å². The Hall–Kier alpha value is 0. The van der Waals surface area contributed by atoms with Crippen molar-refractivity contribution in [3.8, 4) is 0 Å². The Kier molecular flexibility index (Phi) is 0.994. The van der Waals surface area contributed by atoms with E-state index in [1.807, 2.05) is 0 Å². The molecule has 0 aliphatic heterocycles. The van der Waals surface area contributed by atoms with Crippen LogP contribution in [0.4, 0.5) is 0 Å². The Morgan fingerprint density at radius 1 is 0.281 bits per heavy atom. The van der Waals surface area contributed by atoms with Gasteiger partial charge in [0.2, 0.25) is 0 Å². The van der Waals surface area contributed by atoms with E-state index in [9.17, 15) is 0 Å². The Bertz CT molecular complexity index is 1330. The minimum atomic E-state index is 1.08. The number of rotatable bonds is 0. The molecule has 158 valence electrons. The normalized spacial score (nSPS) is 113. The minimum Gasteiger partial charge on any atom is -0.0496 e. The summed E-state index contributed by atoms with van der Waals surface area (Å²) in [5.41, 5.74) is 6.55. The molecule has 0 aromatic heterocycles. The van der Waals surface area contributed by atoms with E-state index in [-0.39, 0.29) is 0 Å². The Labute approximate surface area is 188 Å². The molecule has 20 atom stereocenters. The van der Waals surface area contributed by atoms with Crippen LogP contribution in [0, 0.1) is 163 Å². The molecule has 0 saturated heterocycles. The second kappa shape index (κ2) is 2.48. The van der Waals surface area contributed by atoms with E-state index in [1.165, 1.54) is 130 Å². The molecule has 0 amide bonds. The van der Waals surface area contributed by atoms with Gasteiger partial charge in [-0.3, -0.25) is 0 Å². The fraction of sp³-hybridized carbons (Fsp3) is 1.00. The lowest BCUT2D eigenvalue weighted by Crippen LogP contribution is -3.30. The standard InChI is InChI=1S/C32H30/c1-2-6-5(1)9-10(6)12-16-11(9)17-21-25-23-19-14-7-3-4-8-13(7)27(14)15(8)20-24-26-22-18(12)28(16,17)30(21,22)32(25,26)31(23,24)29(19,20)27/h5-26H,1-4H2. The molecule has 0 heterocycles. The van der Waals surface area contributed by atoms with Crippen molar-refractivity contribution in [2.75, 3.05) is 0 Å². The molecule has 0 N–H and O–H groups in total. The molecular formula is C32H30. The van der Waals surface area contributed by atoms with E-state index in [2.05, 4.69) is 0 Å². The van der Waals surface area contributed by atoms with Gasteiger partial charge in [0.25, 0.3) is 0 Å². The molecule has 32 heavy (non-hydrogen) atoms. The summed E-state index contributed by atoms with van der Waals surface area (Å²) in [7, 11) is 0. The van der Waals surface area contributed by atoms with Gasteiger partial charge in [0.05, 0.1) is 0 Å². The van der Waals surface area contributed by atoms with E-state index < -0.39 is 0 Å². The molecule has 18 saturated carbocycles. The number of fused-ring (bicyclic) bond motifs is 20.